The monoisotopic (exact) mass is 420 g/mol. The SMILES string of the molecule is O=C(Nc1ccccc1-c1ccccc1)[C@@H]1CCCN(S(=O)(=O)c2ccccc2)C1. The Bertz CT molecular complexity index is 1120. The Morgan fingerprint density at radius 1 is 0.867 bits per heavy atom. The lowest BCUT2D eigenvalue weighted by atomic mass is 9.98. The lowest BCUT2D eigenvalue weighted by molar-refractivity contribution is -0.120. The molecule has 0 saturated carbocycles. The van der Waals surface area contributed by atoms with E-state index in [1.165, 1.54) is 4.31 Å². The van der Waals surface area contributed by atoms with Crippen molar-refractivity contribution in [3.05, 3.63) is 84.9 Å². The Labute approximate surface area is 177 Å². The van der Waals surface area contributed by atoms with Gasteiger partial charge in [-0.15, -0.1) is 0 Å². The third-order valence-electron chi connectivity index (χ3n) is 5.41. The molecule has 1 N–H and O–H groups in total. The topological polar surface area (TPSA) is 66.5 Å². The van der Waals surface area contributed by atoms with Crippen LogP contribution in [-0.2, 0) is 14.8 Å². The minimum atomic E-state index is -3.60. The molecule has 4 rings (SSSR count). The largest absolute Gasteiger partial charge is 0.325 e. The van der Waals surface area contributed by atoms with E-state index in [-0.39, 0.29) is 23.3 Å². The molecule has 0 radical (unpaired) electrons. The summed E-state index contributed by atoms with van der Waals surface area (Å²) < 4.78 is 27.3. The van der Waals surface area contributed by atoms with Gasteiger partial charge in [0.05, 0.1) is 10.8 Å². The van der Waals surface area contributed by atoms with Gasteiger partial charge in [0.15, 0.2) is 0 Å². The summed E-state index contributed by atoms with van der Waals surface area (Å²) in [5, 5.41) is 3.03. The van der Waals surface area contributed by atoms with Crippen LogP contribution in [-0.4, -0.2) is 31.7 Å². The maximum absolute atomic E-state index is 13.0. The van der Waals surface area contributed by atoms with E-state index in [4.69, 9.17) is 0 Å². The molecule has 1 aliphatic rings. The Morgan fingerprint density at radius 3 is 2.23 bits per heavy atom. The Kier molecular flexibility index (Phi) is 5.97. The summed E-state index contributed by atoms with van der Waals surface area (Å²) in [6.07, 6.45) is 1.32. The number of sulfonamides is 1. The second-order valence-corrected chi connectivity index (χ2v) is 9.35. The average molecular weight is 421 g/mol. The summed E-state index contributed by atoms with van der Waals surface area (Å²) in [4.78, 5) is 13.3. The van der Waals surface area contributed by atoms with Crippen LogP contribution in [0.1, 0.15) is 12.8 Å². The molecule has 1 fully saturated rings. The molecule has 0 aliphatic carbocycles. The third-order valence-corrected chi connectivity index (χ3v) is 7.28. The van der Waals surface area contributed by atoms with Gasteiger partial charge in [-0.1, -0.05) is 66.7 Å². The van der Waals surface area contributed by atoms with Crippen molar-refractivity contribution in [3.63, 3.8) is 0 Å². The fourth-order valence-electron chi connectivity index (χ4n) is 3.81. The summed E-state index contributed by atoms with van der Waals surface area (Å²) in [5.41, 5.74) is 2.69. The molecule has 154 valence electrons. The van der Waals surface area contributed by atoms with E-state index in [1.807, 2.05) is 54.6 Å². The van der Waals surface area contributed by atoms with E-state index < -0.39 is 10.0 Å². The molecule has 6 heteroatoms. The molecule has 0 spiro atoms. The molecular weight excluding hydrogens is 396 g/mol. The van der Waals surface area contributed by atoms with Crippen LogP contribution in [0.25, 0.3) is 11.1 Å². The number of anilines is 1. The molecule has 5 nitrogen and oxygen atoms in total. The first-order chi connectivity index (χ1) is 14.6. The van der Waals surface area contributed by atoms with E-state index in [0.29, 0.717) is 19.4 Å². The van der Waals surface area contributed by atoms with Crippen molar-refractivity contribution in [1.29, 1.82) is 0 Å². The zero-order valence-corrected chi connectivity index (χ0v) is 17.4. The number of amides is 1. The number of rotatable bonds is 5. The van der Waals surface area contributed by atoms with Crippen molar-refractivity contribution >= 4 is 21.6 Å². The van der Waals surface area contributed by atoms with Gasteiger partial charge in [0.25, 0.3) is 0 Å². The highest BCUT2D eigenvalue weighted by Gasteiger charge is 2.33. The van der Waals surface area contributed by atoms with E-state index in [1.54, 1.807) is 30.3 Å². The molecular formula is C24H24N2O3S. The van der Waals surface area contributed by atoms with Crippen LogP contribution in [0, 0.1) is 5.92 Å². The van der Waals surface area contributed by atoms with Crippen LogP contribution < -0.4 is 5.32 Å². The zero-order valence-electron chi connectivity index (χ0n) is 16.6. The molecule has 1 aliphatic heterocycles. The van der Waals surface area contributed by atoms with Crippen molar-refractivity contribution in [2.75, 3.05) is 18.4 Å². The zero-order chi connectivity index (χ0) is 21.0. The minimum absolute atomic E-state index is 0.147. The van der Waals surface area contributed by atoms with E-state index in [2.05, 4.69) is 5.32 Å². The van der Waals surface area contributed by atoms with Crippen molar-refractivity contribution in [3.8, 4) is 11.1 Å². The summed E-state index contributed by atoms with van der Waals surface area (Å²) >= 11 is 0. The van der Waals surface area contributed by atoms with Crippen molar-refractivity contribution in [1.82, 2.24) is 4.31 Å². The van der Waals surface area contributed by atoms with Crippen LogP contribution in [0.3, 0.4) is 0 Å². The number of carbonyl (C=O) groups is 1. The predicted octanol–water partition coefficient (Wildman–Crippen LogP) is 4.39. The number of piperidine rings is 1. The van der Waals surface area contributed by atoms with Gasteiger partial charge in [0.2, 0.25) is 15.9 Å². The minimum Gasteiger partial charge on any atom is -0.325 e. The first-order valence-electron chi connectivity index (χ1n) is 10.1. The smallest absolute Gasteiger partial charge is 0.243 e. The number of nitrogens with zero attached hydrogens (tertiary/aromatic N) is 1. The first-order valence-corrected chi connectivity index (χ1v) is 11.5. The van der Waals surface area contributed by atoms with Crippen LogP contribution in [0.4, 0.5) is 5.69 Å². The lowest BCUT2D eigenvalue weighted by Crippen LogP contribution is -2.43. The molecule has 1 saturated heterocycles. The molecule has 0 unspecified atom stereocenters. The van der Waals surface area contributed by atoms with Gasteiger partial charge in [0, 0.05) is 24.3 Å². The second kappa shape index (κ2) is 8.81. The van der Waals surface area contributed by atoms with Crippen molar-refractivity contribution < 1.29 is 13.2 Å². The van der Waals surface area contributed by atoms with Crippen LogP contribution in [0.15, 0.2) is 89.8 Å². The van der Waals surface area contributed by atoms with Gasteiger partial charge < -0.3 is 5.32 Å². The molecule has 1 atom stereocenters. The molecule has 3 aromatic rings. The fourth-order valence-corrected chi connectivity index (χ4v) is 5.36. The Balaban J connectivity index is 1.51. The van der Waals surface area contributed by atoms with E-state index >= 15 is 0 Å². The van der Waals surface area contributed by atoms with Crippen molar-refractivity contribution in [2.24, 2.45) is 5.92 Å². The second-order valence-electron chi connectivity index (χ2n) is 7.42. The van der Waals surface area contributed by atoms with Crippen LogP contribution >= 0.6 is 0 Å². The van der Waals surface area contributed by atoms with Gasteiger partial charge >= 0.3 is 0 Å². The fraction of sp³-hybridized carbons (Fsp3) is 0.208. The predicted molar refractivity (Wildman–Crippen MR) is 118 cm³/mol. The highest BCUT2D eigenvalue weighted by molar-refractivity contribution is 7.89. The number of hydrogen-bond acceptors (Lipinski definition) is 3. The first kappa shape index (κ1) is 20.3. The molecule has 0 aromatic heterocycles. The molecule has 30 heavy (non-hydrogen) atoms. The number of para-hydroxylation sites is 1. The van der Waals surface area contributed by atoms with Gasteiger partial charge in [-0.2, -0.15) is 4.31 Å². The number of benzene rings is 3. The number of carbonyl (C=O) groups excluding carboxylic acids is 1. The number of nitrogens with one attached hydrogen (secondary N) is 1. The lowest BCUT2D eigenvalue weighted by Gasteiger charge is -2.31. The molecule has 1 amide bonds. The Morgan fingerprint density at radius 2 is 1.50 bits per heavy atom. The summed E-state index contributed by atoms with van der Waals surface area (Å²) in [7, 11) is -3.60. The van der Waals surface area contributed by atoms with Crippen molar-refractivity contribution in [2.45, 2.75) is 17.7 Å². The molecule has 3 aromatic carbocycles. The molecule has 1 heterocycles. The van der Waals surface area contributed by atoms with Crippen LogP contribution in [0.2, 0.25) is 0 Å². The third kappa shape index (κ3) is 4.30. The average Bonchev–Trinajstić information content (AvgIpc) is 2.80. The van der Waals surface area contributed by atoms with E-state index in [9.17, 15) is 13.2 Å². The van der Waals surface area contributed by atoms with Gasteiger partial charge in [-0.25, -0.2) is 8.42 Å². The van der Waals surface area contributed by atoms with Gasteiger partial charge in [-0.3, -0.25) is 4.79 Å². The standard InChI is InChI=1S/C24H24N2O3S/c27-24(25-23-16-8-7-15-22(23)19-10-3-1-4-11-19)20-12-9-17-26(18-20)30(28,29)21-13-5-2-6-14-21/h1-8,10-11,13-16,20H,9,12,17-18H2,(H,25,27)/t20-/m1/s1. The number of hydrogen-bond donors (Lipinski definition) is 1. The van der Waals surface area contributed by atoms with E-state index in [0.717, 1.165) is 16.8 Å². The highest BCUT2D eigenvalue weighted by Crippen LogP contribution is 2.29. The maximum atomic E-state index is 13.0. The quantitative estimate of drug-likeness (QED) is 0.666. The summed E-state index contributed by atoms with van der Waals surface area (Å²) in [6.45, 7) is 0.623. The summed E-state index contributed by atoms with van der Waals surface area (Å²) in [6, 6.07) is 25.9. The normalized spacial score (nSPS) is 17.4. The molecule has 0 bridgehead atoms. The summed E-state index contributed by atoms with van der Waals surface area (Å²) in [5.74, 6) is -0.535. The van der Waals surface area contributed by atoms with Gasteiger partial charge in [0.1, 0.15) is 0 Å². The highest BCUT2D eigenvalue weighted by atomic mass is 32.2. The van der Waals surface area contributed by atoms with Crippen LogP contribution in [0.5, 0.6) is 0 Å². The van der Waals surface area contributed by atoms with Gasteiger partial charge in [-0.05, 0) is 36.6 Å². The maximum Gasteiger partial charge on any atom is 0.243 e. The Hall–Kier alpha value is -2.96.